The Balaban J connectivity index is 1.80. The molecule has 1 unspecified atom stereocenters. The van der Waals surface area contributed by atoms with Gasteiger partial charge in [0, 0.05) is 45.6 Å². The zero-order valence-corrected chi connectivity index (χ0v) is 13.4. The predicted molar refractivity (Wildman–Crippen MR) is 91.1 cm³/mol. The molecular formula is C17H24N4O2. The van der Waals surface area contributed by atoms with Crippen LogP contribution in [-0.2, 0) is 17.8 Å². The molecule has 0 spiro atoms. The lowest BCUT2D eigenvalue weighted by atomic mass is 10.00. The molecule has 1 aliphatic heterocycles. The van der Waals surface area contributed by atoms with Gasteiger partial charge >= 0.3 is 0 Å². The van der Waals surface area contributed by atoms with E-state index in [1.54, 1.807) is 7.05 Å². The van der Waals surface area contributed by atoms with Crippen LogP contribution >= 0.6 is 0 Å². The molecule has 1 aromatic rings. The van der Waals surface area contributed by atoms with Crippen molar-refractivity contribution in [2.45, 2.75) is 19.1 Å². The van der Waals surface area contributed by atoms with Crippen molar-refractivity contribution in [3.63, 3.8) is 0 Å². The van der Waals surface area contributed by atoms with Crippen LogP contribution < -0.4 is 11.1 Å². The Labute approximate surface area is 136 Å². The molecule has 1 heterocycles. The van der Waals surface area contributed by atoms with Gasteiger partial charge in [0.05, 0.1) is 11.7 Å². The van der Waals surface area contributed by atoms with E-state index < -0.39 is 6.10 Å². The number of benzene rings is 1. The first kappa shape index (κ1) is 17.2. The summed E-state index contributed by atoms with van der Waals surface area (Å²) in [6.07, 6.45) is 2.96. The van der Waals surface area contributed by atoms with E-state index in [0.29, 0.717) is 6.54 Å². The zero-order valence-electron chi connectivity index (χ0n) is 13.4. The fourth-order valence-corrected chi connectivity index (χ4v) is 2.70. The van der Waals surface area contributed by atoms with Gasteiger partial charge in [-0.3, -0.25) is 14.7 Å². The van der Waals surface area contributed by atoms with E-state index >= 15 is 0 Å². The van der Waals surface area contributed by atoms with Crippen molar-refractivity contribution >= 4 is 12.1 Å². The van der Waals surface area contributed by atoms with Gasteiger partial charge in [0.2, 0.25) is 0 Å². The van der Waals surface area contributed by atoms with Gasteiger partial charge in [-0.1, -0.05) is 24.3 Å². The lowest BCUT2D eigenvalue weighted by molar-refractivity contribution is -0.117. The molecule has 0 fully saturated rings. The second-order valence-corrected chi connectivity index (χ2v) is 5.63. The largest absolute Gasteiger partial charge is 0.404 e. The topological polar surface area (TPSA) is 90.9 Å². The van der Waals surface area contributed by atoms with E-state index in [-0.39, 0.29) is 18.0 Å². The average Bonchev–Trinajstić information content (AvgIpc) is 2.57. The van der Waals surface area contributed by atoms with Gasteiger partial charge in [-0.2, -0.15) is 0 Å². The van der Waals surface area contributed by atoms with Gasteiger partial charge in [0.15, 0.2) is 0 Å². The number of hydrogen-bond donors (Lipinski definition) is 3. The smallest absolute Gasteiger partial charge is 0.254 e. The number of aliphatic imine (C=N–C) groups is 1. The van der Waals surface area contributed by atoms with Crippen LogP contribution in [0.5, 0.6) is 0 Å². The van der Waals surface area contributed by atoms with Crippen LogP contribution in [0.25, 0.3) is 0 Å². The highest BCUT2D eigenvalue weighted by Crippen LogP contribution is 2.18. The molecule has 0 radical (unpaired) electrons. The van der Waals surface area contributed by atoms with Gasteiger partial charge in [-0.25, -0.2) is 0 Å². The molecule has 124 valence electrons. The summed E-state index contributed by atoms with van der Waals surface area (Å²) >= 11 is 0. The van der Waals surface area contributed by atoms with Crippen molar-refractivity contribution in [2.24, 2.45) is 10.7 Å². The van der Waals surface area contributed by atoms with E-state index in [1.807, 2.05) is 6.07 Å². The number of hydrogen-bond acceptors (Lipinski definition) is 5. The third kappa shape index (κ3) is 4.91. The van der Waals surface area contributed by atoms with Gasteiger partial charge in [0.1, 0.15) is 0 Å². The Morgan fingerprint density at radius 3 is 2.91 bits per heavy atom. The SMILES string of the molecule is CN=C/C(=C\N)C(=O)NCC(O)CN1CCc2ccccc2C1. The second-order valence-electron chi connectivity index (χ2n) is 5.63. The zero-order chi connectivity index (χ0) is 16.7. The molecule has 0 bridgehead atoms. The first-order valence-corrected chi connectivity index (χ1v) is 7.73. The summed E-state index contributed by atoms with van der Waals surface area (Å²) in [5, 5.41) is 12.8. The molecule has 2 rings (SSSR count). The number of nitrogens with one attached hydrogen (secondary N) is 1. The van der Waals surface area contributed by atoms with Crippen LogP contribution in [0.4, 0.5) is 0 Å². The Hall–Kier alpha value is -2.18. The molecule has 1 atom stereocenters. The molecular weight excluding hydrogens is 292 g/mol. The van der Waals surface area contributed by atoms with E-state index in [0.717, 1.165) is 19.5 Å². The van der Waals surface area contributed by atoms with Crippen LogP contribution in [0.15, 0.2) is 41.0 Å². The predicted octanol–water partition coefficient (Wildman–Crippen LogP) is 0.0650. The van der Waals surface area contributed by atoms with Crippen LogP contribution in [0.1, 0.15) is 11.1 Å². The van der Waals surface area contributed by atoms with Crippen molar-refractivity contribution in [3.05, 3.63) is 47.2 Å². The molecule has 4 N–H and O–H groups in total. The summed E-state index contributed by atoms with van der Waals surface area (Å²) in [5.41, 5.74) is 8.35. The van der Waals surface area contributed by atoms with Gasteiger partial charge in [-0.05, 0) is 17.5 Å². The highest BCUT2D eigenvalue weighted by molar-refractivity contribution is 6.11. The van der Waals surface area contributed by atoms with Crippen LogP contribution in [-0.4, -0.2) is 54.9 Å². The number of rotatable bonds is 6. The summed E-state index contributed by atoms with van der Waals surface area (Å²) in [6.45, 7) is 2.46. The molecule has 6 nitrogen and oxygen atoms in total. The number of amides is 1. The number of fused-ring (bicyclic) bond motifs is 1. The van der Waals surface area contributed by atoms with E-state index in [2.05, 4.69) is 33.4 Å². The number of aliphatic hydroxyl groups is 1. The van der Waals surface area contributed by atoms with Crippen molar-refractivity contribution < 1.29 is 9.90 Å². The standard InChI is InChI=1S/C17H24N4O2/c1-19-9-15(8-18)17(23)20-10-16(22)12-21-7-6-13-4-2-3-5-14(13)11-21/h2-5,8-9,16,22H,6-7,10-12,18H2,1H3,(H,20,23)/b15-8+,19-9?. The van der Waals surface area contributed by atoms with Gasteiger partial charge in [0.25, 0.3) is 5.91 Å². The molecule has 23 heavy (non-hydrogen) atoms. The van der Waals surface area contributed by atoms with Crippen LogP contribution in [0, 0.1) is 0 Å². The summed E-state index contributed by atoms with van der Waals surface area (Å²) in [4.78, 5) is 17.8. The van der Waals surface area contributed by atoms with E-state index in [9.17, 15) is 9.90 Å². The normalized spacial score (nSPS) is 17.0. The molecule has 0 saturated heterocycles. The van der Waals surface area contributed by atoms with Crippen molar-refractivity contribution in [1.29, 1.82) is 0 Å². The molecule has 0 aliphatic carbocycles. The fourth-order valence-electron chi connectivity index (χ4n) is 2.70. The minimum atomic E-state index is -0.623. The number of β-amino-alcohol motifs (C(OH)–C–C–N with tert-alkyl or cyclic N) is 1. The van der Waals surface area contributed by atoms with E-state index in [4.69, 9.17) is 5.73 Å². The molecule has 0 aromatic heterocycles. The molecule has 6 heteroatoms. The Morgan fingerprint density at radius 1 is 1.48 bits per heavy atom. The maximum absolute atomic E-state index is 11.8. The Kier molecular flexibility index (Phi) is 6.31. The van der Waals surface area contributed by atoms with Crippen molar-refractivity contribution in [3.8, 4) is 0 Å². The lowest BCUT2D eigenvalue weighted by Gasteiger charge is -2.30. The summed E-state index contributed by atoms with van der Waals surface area (Å²) in [7, 11) is 1.57. The molecule has 0 saturated carbocycles. The maximum atomic E-state index is 11.8. The first-order chi connectivity index (χ1) is 11.1. The van der Waals surface area contributed by atoms with Crippen LogP contribution in [0.3, 0.4) is 0 Å². The maximum Gasteiger partial charge on any atom is 0.254 e. The van der Waals surface area contributed by atoms with E-state index in [1.165, 1.54) is 23.5 Å². The summed E-state index contributed by atoms with van der Waals surface area (Å²) in [6, 6.07) is 8.37. The molecule has 1 amide bonds. The Bertz CT molecular complexity index is 598. The number of carbonyl (C=O) groups is 1. The average molecular weight is 316 g/mol. The fraction of sp³-hybridized carbons (Fsp3) is 0.412. The van der Waals surface area contributed by atoms with Crippen molar-refractivity contribution in [1.82, 2.24) is 10.2 Å². The summed E-state index contributed by atoms with van der Waals surface area (Å²) in [5.74, 6) is -0.332. The van der Waals surface area contributed by atoms with Crippen LogP contribution in [0.2, 0.25) is 0 Å². The first-order valence-electron chi connectivity index (χ1n) is 7.73. The minimum Gasteiger partial charge on any atom is -0.404 e. The number of carbonyl (C=O) groups excluding carboxylic acids is 1. The third-order valence-corrected chi connectivity index (χ3v) is 3.89. The summed E-state index contributed by atoms with van der Waals surface area (Å²) < 4.78 is 0. The number of aliphatic hydroxyl groups excluding tert-OH is 1. The van der Waals surface area contributed by atoms with Gasteiger partial charge < -0.3 is 16.2 Å². The van der Waals surface area contributed by atoms with Gasteiger partial charge in [-0.15, -0.1) is 0 Å². The molecule has 1 aromatic carbocycles. The highest BCUT2D eigenvalue weighted by Gasteiger charge is 2.19. The highest BCUT2D eigenvalue weighted by atomic mass is 16.3. The lowest BCUT2D eigenvalue weighted by Crippen LogP contribution is -2.42. The van der Waals surface area contributed by atoms with Crippen molar-refractivity contribution in [2.75, 3.05) is 26.7 Å². The Morgan fingerprint density at radius 2 is 2.22 bits per heavy atom. The minimum absolute atomic E-state index is 0.186. The monoisotopic (exact) mass is 316 g/mol. The molecule has 1 aliphatic rings. The second kappa shape index (κ2) is 8.45. The number of nitrogens with zero attached hydrogens (tertiary/aromatic N) is 2. The quantitative estimate of drug-likeness (QED) is 0.511. The number of nitrogens with two attached hydrogens (primary N) is 1. The third-order valence-electron chi connectivity index (χ3n) is 3.89.